The van der Waals surface area contributed by atoms with Gasteiger partial charge in [0.2, 0.25) is 0 Å². The largest absolute Gasteiger partial charge is 0.453 e. The SMILES string of the molecule is C=C(Nc1ccc(Oc2ccnc3cc(-c4ncc(CNCCOC)n4C)sc23)c(F)c1)Nc1ccccc1F. The van der Waals surface area contributed by atoms with Gasteiger partial charge in [0.1, 0.15) is 23.2 Å². The van der Waals surface area contributed by atoms with E-state index in [9.17, 15) is 4.39 Å². The Hall–Kier alpha value is -4.32. The maximum absolute atomic E-state index is 15.0. The van der Waals surface area contributed by atoms with Crippen molar-refractivity contribution in [3.8, 4) is 22.2 Å². The third-order valence-corrected chi connectivity index (χ3v) is 7.21. The van der Waals surface area contributed by atoms with E-state index in [1.54, 1.807) is 43.6 Å². The summed E-state index contributed by atoms with van der Waals surface area (Å²) < 4.78 is 42.8. The molecule has 3 aromatic heterocycles. The number of thiophene rings is 1. The van der Waals surface area contributed by atoms with Crippen LogP contribution < -0.4 is 20.7 Å². The summed E-state index contributed by atoms with van der Waals surface area (Å²) >= 11 is 1.48. The van der Waals surface area contributed by atoms with E-state index in [1.165, 1.54) is 29.5 Å². The minimum absolute atomic E-state index is 0.0575. The zero-order chi connectivity index (χ0) is 28.1. The van der Waals surface area contributed by atoms with Crippen LogP contribution in [0.25, 0.3) is 20.9 Å². The predicted molar refractivity (Wildman–Crippen MR) is 155 cm³/mol. The number of ether oxygens (including phenoxy) is 2. The number of rotatable bonds is 12. The number of halogens is 2. The van der Waals surface area contributed by atoms with Gasteiger partial charge in [-0.1, -0.05) is 18.7 Å². The van der Waals surface area contributed by atoms with E-state index in [4.69, 9.17) is 9.47 Å². The maximum atomic E-state index is 15.0. The molecule has 0 aliphatic carbocycles. The Morgan fingerprint density at radius 2 is 1.88 bits per heavy atom. The number of nitrogens with one attached hydrogen (secondary N) is 3. The Morgan fingerprint density at radius 3 is 2.67 bits per heavy atom. The molecule has 0 atom stereocenters. The van der Waals surface area contributed by atoms with E-state index in [0.717, 1.165) is 33.2 Å². The van der Waals surface area contributed by atoms with Gasteiger partial charge in [-0.25, -0.2) is 13.8 Å². The zero-order valence-electron chi connectivity index (χ0n) is 22.0. The van der Waals surface area contributed by atoms with Crippen molar-refractivity contribution in [3.63, 3.8) is 0 Å². The highest BCUT2D eigenvalue weighted by atomic mass is 32.1. The van der Waals surface area contributed by atoms with E-state index in [0.29, 0.717) is 30.4 Å². The van der Waals surface area contributed by atoms with Crippen molar-refractivity contribution < 1.29 is 18.3 Å². The first-order valence-corrected chi connectivity index (χ1v) is 13.3. The van der Waals surface area contributed by atoms with E-state index >= 15 is 4.39 Å². The smallest absolute Gasteiger partial charge is 0.167 e. The number of anilines is 2. The maximum Gasteiger partial charge on any atom is 0.167 e. The normalized spacial score (nSPS) is 11.1. The lowest BCUT2D eigenvalue weighted by Crippen LogP contribution is -2.20. The minimum Gasteiger partial charge on any atom is -0.453 e. The summed E-state index contributed by atoms with van der Waals surface area (Å²) in [6, 6.07) is 14.3. The fourth-order valence-electron chi connectivity index (χ4n) is 4.04. The molecule has 0 unspecified atom stereocenters. The van der Waals surface area contributed by atoms with Crippen molar-refractivity contribution in [1.82, 2.24) is 19.9 Å². The van der Waals surface area contributed by atoms with Crippen molar-refractivity contribution in [2.75, 3.05) is 30.9 Å². The number of aromatic nitrogens is 3. The quantitative estimate of drug-likeness (QED) is 0.150. The second-order valence-corrected chi connectivity index (χ2v) is 9.94. The van der Waals surface area contributed by atoms with E-state index in [2.05, 4.69) is 32.5 Å². The van der Waals surface area contributed by atoms with Gasteiger partial charge in [-0.2, -0.15) is 0 Å². The van der Waals surface area contributed by atoms with Crippen LogP contribution in [-0.4, -0.2) is 34.8 Å². The number of hydrogen-bond acceptors (Lipinski definition) is 8. The molecular formula is C29H28F2N6O2S. The Bertz CT molecular complexity index is 1650. The molecule has 2 aromatic carbocycles. The van der Waals surface area contributed by atoms with Gasteiger partial charge in [0.25, 0.3) is 0 Å². The Morgan fingerprint density at radius 1 is 1.02 bits per heavy atom. The van der Waals surface area contributed by atoms with Gasteiger partial charge >= 0.3 is 0 Å². The average molecular weight is 563 g/mol. The van der Waals surface area contributed by atoms with Crippen molar-refractivity contribution in [2.45, 2.75) is 6.54 Å². The van der Waals surface area contributed by atoms with Crippen LogP contribution in [0.3, 0.4) is 0 Å². The summed E-state index contributed by atoms with van der Waals surface area (Å²) in [4.78, 5) is 9.99. The second-order valence-electron chi connectivity index (χ2n) is 8.89. The topological polar surface area (TPSA) is 85.3 Å². The fourth-order valence-corrected chi connectivity index (χ4v) is 5.14. The molecule has 0 aliphatic rings. The first-order chi connectivity index (χ1) is 19.4. The van der Waals surface area contributed by atoms with Crippen LogP contribution >= 0.6 is 11.3 Å². The van der Waals surface area contributed by atoms with Crippen LogP contribution in [0.5, 0.6) is 11.5 Å². The van der Waals surface area contributed by atoms with Gasteiger partial charge in [-0.15, -0.1) is 11.3 Å². The van der Waals surface area contributed by atoms with Crippen molar-refractivity contribution in [2.24, 2.45) is 7.05 Å². The highest BCUT2D eigenvalue weighted by Gasteiger charge is 2.16. The molecule has 0 saturated heterocycles. The van der Waals surface area contributed by atoms with E-state index < -0.39 is 11.6 Å². The number of nitrogens with zero attached hydrogens (tertiary/aromatic N) is 3. The monoisotopic (exact) mass is 562 g/mol. The number of methoxy groups -OCH3 is 1. The Kier molecular flexibility index (Phi) is 8.34. The first-order valence-electron chi connectivity index (χ1n) is 12.5. The molecular weight excluding hydrogens is 534 g/mol. The van der Waals surface area contributed by atoms with Crippen LogP contribution in [0.15, 0.2) is 79.4 Å². The lowest BCUT2D eigenvalue weighted by atomic mass is 10.2. The van der Waals surface area contributed by atoms with Gasteiger partial charge in [-0.05, 0) is 30.3 Å². The van der Waals surface area contributed by atoms with Crippen molar-refractivity contribution >= 4 is 32.9 Å². The van der Waals surface area contributed by atoms with Crippen LogP contribution in [0.2, 0.25) is 0 Å². The van der Waals surface area contributed by atoms with Gasteiger partial charge in [-0.3, -0.25) is 4.98 Å². The Balaban J connectivity index is 1.30. The molecule has 5 rings (SSSR count). The zero-order valence-corrected chi connectivity index (χ0v) is 22.8. The molecule has 8 nitrogen and oxygen atoms in total. The number of imidazole rings is 1. The molecule has 0 amide bonds. The van der Waals surface area contributed by atoms with Gasteiger partial charge in [0.15, 0.2) is 11.6 Å². The predicted octanol–water partition coefficient (Wildman–Crippen LogP) is 6.50. The molecule has 0 aliphatic heterocycles. The molecule has 0 fully saturated rings. The third kappa shape index (κ3) is 6.12. The average Bonchev–Trinajstić information content (AvgIpc) is 3.53. The Labute approximate surface area is 234 Å². The number of hydrogen-bond donors (Lipinski definition) is 3. The number of para-hydroxylation sites is 1. The van der Waals surface area contributed by atoms with Gasteiger partial charge in [0.05, 0.1) is 39.3 Å². The molecule has 0 saturated carbocycles. The lowest BCUT2D eigenvalue weighted by Gasteiger charge is -2.14. The van der Waals surface area contributed by atoms with Crippen LogP contribution in [0.4, 0.5) is 20.2 Å². The standard InChI is InChI=1S/C29H28F2N6O2S/c1-18(36-23-7-5-4-6-21(23)30)35-19-8-9-25(22(31)14-19)39-26-10-11-33-24-15-27(40-28(24)26)29-34-17-20(37(29)2)16-32-12-13-38-3/h4-11,14-15,17,32,35-36H,1,12-13,16H2,2-3H3. The molecule has 40 heavy (non-hydrogen) atoms. The summed E-state index contributed by atoms with van der Waals surface area (Å²) in [7, 11) is 3.64. The fraction of sp³-hybridized carbons (Fsp3) is 0.172. The minimum atomic E-state index is -0.569. The molecule has 3 heterocycles. The number of fused-ring (bicyclic) bond motifs is 1. The van der Waals surface area contributed by atoms with Crippen molar-refractivity contribution in [3.05, 3.63) is 96.7 Å². The first kappa shape index (κ1) is 27.3. The van der Waals surface area contributed by atoms with Crippen LogP contribution in [-0.2, 0) is 18.3 Å². The van der Waals surface area contributed by atoms with Gasteiger partial charge in [0, 0.05) is 51.3 Å². The molecule has 5 aromatic rings. The van der Waals surface area contributed by atoms with E-state index in [-0.39, 0.29) is 11.4 Å². The number of benzene rings is 2. The molecule has 3 N–H and O–H groups in total. The van der Waals surface area contributed by atoms with Gasteiger partial charge < -0.3 is 30.0 Å². The van der Waals surface area contributed by atoms with Crippen LogP contribution in [0.1, 0.15) is 5.69 Å². The summed E-state index contributed by atoms with van der Waals surface area (Å²) in [5.41, 5.74) is 2.46. The summed E-state index contributed by atoms with van der Waals surface area (Å²) in [5.74, 6) is 0.662. The summed E-state index contributed by atoms with van der Waals surface area (Å²) in [5, 5.41) is 9.09. The molecule has 0 bridgehead atoms. The third-order valence-electron chi connectivity index (χ3n) is 6.08. The molecule has 206 valence electrons. The summed E-state index contributed by atoms with van der Waals surface area (Å²) in [6.45, 7) is 5.89. The highest BCUT2D eigenvalue weighted by molar-refractivity contribution is 7.22. The highest BCUT2D eigenvalue weighted by Crippen LogP contribution is 2.39. The van der Waals surface area contributed by atoms with Crippen LogP contribution in [0, 0.1) is 11.6 Å². The summed E-state index contributed by atoms with van der Waals surface area (Å²) in [6.07, 6.45) is 3.47. The molecule has 11 heteroatoms. The second kappa shape index (κ2) is 12.2. The molecule has 0 radical (unpaired) electrons. The van der Waals surface area contributed by atoms with Crippen molar-refractivity contribution in [1.29, 1.82) is 0 Å². The lowest BCUT2D eigenvalue weighted by molar-refractivity contribution is 0.199. The van der Waals surface area contributed by atoms with E-state index in [1.807, 2.05) is 23.9 Å². The molecule has 0 spiro atoms. The number of pyridine rings is 1.